The topological polar surface area (TPSA) is 278 Å². The van der Waals surface area contributed by atoms with E-state index in [1.807, 2.05) is 0 Å². The maximum Gasteiger partial charge on any atom is 0.327 e. The number of aliphatic carboxylic acids is 2. The van der Waals surface area contributed by atoms with E-state index in [2.05, 4.69) is 33.6 Å². The second kappa shape index (κ2) is 17.3. The Morgan fingerprint density at radius 2 is 1.34 bits per heavy atom. The third kappa shape index (κ3) is 14.0. The van der Waals surface area contributed by atoms with Crippen LogP contribution in [0.3, 0.4) is 0 Å². The van der Waals surface area contributed by atoms with Gasteiger partial charge in [0.05, 0.1) is 12.5 Å². The lowest BCUT2D eigenvalue weighted by Crippen LogP contribution is -2.57. The number of hydrogen-bond acceptors (Lipinski definition) is 9. The zero-order valence-electron chi connectivity index (χ0n) is 19.3. The van der Waals surface area contributed by atoms with E-state index in [1.54, 1.807) is 0 Å². The number of guanidine groups is 1. The van der Waals surface area contributed by atoms with E-state index in [-0.39, 0.29) is 37.5 Å². The van der Waals surface area contributed by atoms with Gasteiger partial charge in [0, 0.05) is 12.3 Å². The molecule has 0 bridgehead atoms. The van der Waals surface area contributed by atoms with E-state index in [4.69, 9.17) is 28.0 Å². The predicted octanol–water partition coefficient (Wildman–Crippen LogP) is -3.56. The molecule has 0 saturated carbocycles. The number of carboxylic acid groups (broad SMARTS) is 2. The first-order chi connectivity index (χ1) is 16.4. The van der Waals surface area contributed by atoms with Crippen molar-refractivity contribution in [2.75, 3.05) is 18.8 Å². The summed E-state index contributed by atoms with van der Waals surface area (Å²) in [4.78, 5) is 63.8. The number of rotatable bonds is 18. The number of unbranched alkanes of at least 4 members (excludes halogenated alkanes) is 1. The fourth-order valence-electron chi connectivity index (χ4n) is 2.82. The molecule has 0 aromatic carbocycles. The Hall–Kier alpha value is -3.11. The summed E-state index contributed by atoms with van der Waals surface area (Å²) in [5, 5.41) is 25.2. The van der Waals surface area contributed by atoms with E-state index in [0.717, 1.165) is 0 Å². The van der Waals surface area contributed by atoms with Crippen LogP contribution in [0.4, 0.5) is 0 Å². The van der Waals surface area contributed by atoms with Crippen LogP contribution in [0.2, 0.25) is 0 Å². The Morgan fingerprint density at radius 3 is 1.80 bits per heavy atom. The predicted molar refractivity (Wildman–Crippen MR) is 130 cm³/mol. The smallest absolute Gasteiger partial charge is 0.327 e. The molecule has 0 aliphatic carbocycles. The van der Waals surface area contributed by atoms with Crippen molar-refractivity contribution in [2.24, 2.45) is 27.9 Å². The molecule has 0 aromatic heterocycles. The Bertz CT molecular complexity index is 763. The number of nitrogens with one attached hydrogen (secondary N) is 3. The second-order valence-corrected chi connectivity index (χ2v) is 8.01. The largest absolute Gasteiger partial charge is 0.481 e. The zero-order chi connectivity index (χ0) is 27.0. The van der Waals surface area contributed by atoms with Crippen LogP contribution in [0.1, 0.15) is 38.5 Å². The van der Waals surface area contributed by atoms with Crippen LogP contribution in [0, 0.1) is 0 Å². The third-order valence-corrected chi connectivity index (χ3v) is 5.05. The van der Waals surface area contributed by atoms with Crippen molar-refractivity contribution < 1.29 is 34.2 Å². The highest BCUT2D eigenvalue weighted by Gasteiger charge is 2.30. The summed E-state index contributed by atoms with van der Waals surface area (Å²) in [6.45, 7) is 0.495. The molecule has 200 valence electrons. The van der Waals surface area contributed by atoms with Crippen LogP contribution in [0.5, 0.6) is 0 Å². The molecule has 0 aliphatic heterocycles. The van der Waals surface area contributed by atoms with Gasteiger partial charge >= 0.3 is 11.9 Å². The van der Waals surface area contributed by atoms with Gasteiger partial charge in [0.1, 0.15) is 18.1 Å². The highest BCUT2D eigenvalue weighted by molar-refractivity contribution is 7.80. The van der Waals surface area contributed by atoms with Crippen LogP contribution in [0.15, 0.2) is 4.99 Å². The lowest BCUT2D eigenvalue weighted by molar-refractivity contribution is -0.141. The Kier molecular flexibility index (Phi) is 15.8. The van der Waals surface area contributed by atoms with Crippen molar-refractivity contribution in [3.05, 3.63) is 0 Å². The van der Waals surface area contributed by atoms with Crippen molar-refractivity contribution in [3.63, 3.8) is 0 Å². The van der Waals surface area contributed by atoms with Gasteiger partial charge in [-0.3, -0.25) is 24.2 Å². The monoisotopic (exact) mass is 520 g/mol. The van der Waals surface area contributed by atoms with Crippen LogP contribution in [-0.4, -0.2) is 88.8 Å². The van der Waals surface area contributed by atoms with Crippen LogP contribution in [0.25, 0.3) is 0 Å². The molecule has 4 unspecified atom stereocenters. The van der Waals surface area contributed by atoms with Crippen molar-refractivity contribution >= 4 is 48.2 Å². The number of hydrogen-bond donors (Lipinski definition) is 10. The zero-order valence-corrected chi connectivity index (χ0v) is 20.2. The Morgan fingerprint density at radius 1 is 0.829 bits per heavy atom. The summed E-state index contributed by atoms with van der Waals surface area (Å²) >= 11 is 3.90. The first-order valence-electron chi connectivity index (χ1n) is 10.9. The van der Waals surface area contributed by atoms with Gasteiger partial charge in [0.15, 0.2) is 5.96 Å². The summed E-state index contributed by atoms with van der Waals surface area (Å²) in [7, 11) is 0. The van der Waals surface area contributed by atoms with E-state index >= 15 is 0 Å². The van der Waals surface area contributed by atoms with Crippen molar-refractivity contribution in [2.45, 2.75) is 62.7 Å². The highest BCUT2D eigenvalue weighted by Crippen LogP contribution is 2.06. The normalized spacial score (nSPS) is 14.0. The molecule has 0 fully saturated rings. The van der Waals surface area contributed by atoms with Gasteiger partial charge in [0.2, 0.25) is 17.7 Å². The first kappa shape index (κ1) is 31.9. The maximum atomic E-state index is 13.0. The number of amides is 3. The van der Waals surface area contributed by atoms with E-state index in [1.165, 1.54) is 0 Å². The van der Waals surface area contributed by atoms with Gasteiger partial charge < -0.3 is 49.1 Å². The molecule has 15 nitrogen and oxygen atoms in total. The fourth-order valence-corrected chi connectivity index (χ4v) is 3.07. The molecule has 0 saturated heterocycles. The van der Waals surface area contributed by atoms with E-state index in [0.29, 0.717) is 19.4 Å². The molecule has 3 amide bonds. The van der Waals surface area contributed by atoms with Gasteiger partial charge in [-0.15, -0.1) is 0 Å². The number of carbonyl (C=O) groups excluding carboxylic acids is 3. The minimum absolute atomic E-state index is 0.0509. The molecule has 0 spiro atoms. The summed E-state index contributed by atoms with van der Waals surface area (Å²) in [5.74, 6) is -5.30. The third-order valence-electron chi connectivity index (χ3n) is 4.69. The maximum absolute atomic E-state index is 13.0. The number of thiol groups is 1. The Labute approximate surface area is 208 Å². The van der Waals surface area contributed by atoms with Crippen LogP contribution in [-0.2, 0) is 24.0 Å². The van der Waals surface area contributed by atoms with Gasteiger partial charge in [-0.2, -0.15) is 12.6 Å². The van der Waals surface area contributed by atoms with Gasteiger partial charge in [-0.25, -0.2) is 4.79 Å². The summed E-state index contributed by atoms with van der Waals surface area (Å²) in [5.41, 5.74) is 21.6. The second-order valence-electron chi connectivity index (χ2n) is 7.64. The number of carboxylic acids is 2. The summed E-state index contributed by atoms with van der Waals surface area (Å²) < 4.78 is 0. The lowest BCUT2D eigenvalue weighted by atomic mass is 10.1. The Balaban J connectivity index is 5.54. The molecule has 0 radical (unpaired) electrons. The summed E-state index contributed by atoms with van der Waals surface area (Å²) in [6.07, 6.45) is 0.818. The van der Waals surface area contributed by atoms with Crippen molar-refractivity contribution in [1.29, 1.82) is 0 Å². The molecule has 0 aliphatic rings. The fraction of sp³-hybridized carbons (Fsp3) is 0.684. The SMILES string of the molecule is NCCCCC(NC(=O)C(N)CC(=O)O)C(=O)NC(CCCN=C(N)N)C(=O)NC(CS)C(=O)O. The molecule has 0 rings (SSSR count). The summed E-state index contributed by atoms with van der Waals surface area (Å²) in [6, 6.07) is -5.00. The minimum atomic E-state index is -1.39. The van der Waals surface area contributed by atoms with E-state index < -0.39 is 60.2 Å². The minimum Gasteiger partial charge on any atom is -0.481 e. The number of nitrogens with zero attached hydrogens (tertiary/aromatic N) is 1. The molecular formula is C19H36N8O7S. The van der Waals surface area contributed by atoms with Gasteiger partial charge in [-0.05, 0) is 38.6 Å². The van der Waals surface area contributed by atoms with Crippen LogP contribution < -0.4 is 38.9 Å². The highest BCUT2D eigenvalue weighted by atomic mass is 32.1. The van der Waals surface area contributed by atoms with E-state index in [9.17, 15) is 29.1 Å². The van der Waals surface area contributed by atoms with Gasteiger partial charge in [0.25, 0.3) is 0 Å². The average Bonchev–Trinajstić information content (AvgIpc) is 2.77. The van der Waals surface area contributed by atoms with Crippen molar-refractivity contribution in [1.82, 2.24) is 16.0 Å². The molecule has 16 heteroatoms. The quantitative estimate of drug-likeness (QED) is 0.0365. The van der Waals surface area contributed by atoms with Crippen LogP contribution >= 0.6 is 12.6 Å². The average molecular weight is 521 g/mol. The first-order valence-corrected chi connectivity index (χ1v) is 11.5. The standard InChI is InChI=1S/C19H36N8O7S/c20-6-2-1-4-11(25-15(30)10(21)8-14(28)29)16(31)26-12(5-3-7-24-19(22)23)17(32)27-13(9-35)18(33)34/h10-13,35H,1-9,20-21H2,(H,25,30)(H,26,31)(H,27,32)(H,28,29)(H,33,34)(H4,22,23,24). The molecule has 4 atom stereocenters. The molecule has 0 aromatic rings. The number of aliphatic imine (C=N–C) groups is 1. The number of nitrogens with two attached hydrogens (primary N) is 4. The molecule has 13 N–H and O–H groups in total. The van der Waals surface area contributed by atoms with Crippen molar-refractivity contribution in [3.8, 4) is 0 Å². The lowest BCUT2D eigenvalue weighted by Gasteiger charge is -2.25. The molecule has 0 heterocycles. The molecule has 35 heavy (non-hydrogen) atoms. The van der Waals surface area contributed by atoms with Gasteiger partial charge in [-0.1, -0.05) is 0 Å². The molecular weight excluding hydrogens is 484 g/mol. The number of carbonyl (C=O) groups is 5.